The lowest BCUT2D eigenvalue weighted by atomic mass is 10.2. The van der Waals surface area contributed by atoms with Gasteiger partial charge in [-0.3, -0.25) is 4.99 Å². The van der Waals surface area contributed by atoms with Gasteiger partial charge in [0.05, 0.1) is 20.0 Å². The molecule has 1 N–H and O–H groups in total. The van der Waals surface area contributed by atoms with E-state index in [2.05, 4.69) is 10.3 Å². The lowest BCUT2D eigenvalue weighted by molar-refractivity contribution is 0.382. The molecule has 0 bridgehead atoms. The van der Waals surface area contributed by atoms with Gasteiger partial charge in [-0.1, -0.05) is 0 Å². The van der Waals surface area contributed by atoms with Gasteiger partial charge in [-0.2, -0.15) is 0 Å². The van der Waals surface area contributed by atoms with Gasteiger partial charge in [0.25, 0.3) is 0 Å². The predicted octanol–water partition coefficient (Wildman–Crippen LogP) is 1.38. The van der Waals surface area contributed by atoms with Crippen LogP contribution in [0.1, 0.15) is 18.9 Å². The predicted molar refractivity (Wildman–Crippen MR) is 109 cm³/mol. The summed E-state index contributed by atoms with van der Waals surface area (Å²) >= 11 is 0. The van der Waals surface area contributed by atoms with Crippen LogP contribution in [0.5, 0.6) is 11.5 Å². The van der Waals surface area contributed by atoms with E-state index in [4.69, 9.17) is 9.47 Å². The number of benzene rings is 1. The number of hydrogen-bond donors (Lipinski definition) is 1. The highest BCUT2D eigenvalue weighted by atomic mass is 32.2. The van der Waals surface area contributed by atoms with Gasteiger partial charge >= 0.3 is 0 Å². The molecule has 0 fully saturated rings. The Kier molecular flexibility index (Phi) is 9.37. The molecule has 0 saturated carbocycles. The Morgan fingerprint density at radius 1 is 1.22 bits per heavy atom. The molecule has 0 aromatic heterocycles. The number of ether oxygens (including phenoxy) is 2. The Labute approximate surface area is 163 Å². The molecule has 27 heavy (non-hydrogen) atoms. The zero-order valence-electron chi connectivity index (χ0n) is 17.2. The van der Waals surface area contributed by atoms with Crippen LogP contribution in [0.3, 0.4) is 0 Å². The second kappa shape index (κ2) is 11.0. The third-order valence-corrected chi connectivity index (χ3v) is 6.11. The fraction of sp³-hybridized carbons (Fsp3) is 0.611. The van der Waals surface area contributed by atoms with Gasteiger partial charge in [0.1, 0.15) is 11.5 Å². The first-order chi connectivity index (χ1) is 12.8. The van der Waals surface area contributed by atoms with Crippen LogP contribution < -0.4 is 14.8 Å². The maximum Gasteiger partial charge on any atom is 0.213 e. The van der Waals surface area contributed by atoms with Crippen LogP contribution in [0.2, 0.25) is 0 Å². The van der Waals surface area contributed by atoms with Crippen molar-refractivity contribution in [2.45, 2.75) is 19.9 Å². The van der Waals surface area contributed by atoms with E-state index in [0.29, 0.717) is 26.1 Å². The second-order valence-corrected chi connectivity index (χ2v) is 8.45. The van der Waals surface area contributed by atoms with Crippen LogP contribution in [-0.4, -0.2) is 77.8 Å². The van der Waals surface area contributed by atoms with E-state index >= 15 is 0 Å². The minimum Gasteiger partial charge on any atom is -0.497 e. The lowest BCUT2D eigenvalue weighted by Gasteiger charge is -2.23. The molecule has 154 valence electrons. The molecule has 0 aliphatic heterocycles. The molecule has 0 heterocycles. The minimum atomic E-state index is -3.13. The summed E-state index contributed by atoms with van der Waals surface area (Å²) in [5.74, 6) is 2.34. The fourth-order valence-electron chi connectivity index (χ4n) is 2.56. The summed E-state index contributed by atoms with van der Waals surface area (Å²) in [6.45, 7) is 3.35. The molecule has 0 saturated heterocycles. The summed E-state index contributed by atoms with van der Waals surface area (Å²) in [4.78, 5) is 6.27. The molecule has 0 spiro atoms. The Bertz CT molecular complexity index is 722. The van der Waals surface area contributed by atoms with Crippen molar-refractivity contribution in [3.05, 3.63) is 23.8 Å². The first-order valence-corrected chi connectivity index (χ1v) is 10.5. The zero-order chi connectivity index (χ0) is 20.4. The highest BCUT2D eigenvalue weighted by Gasteiger charge is 2.15. The van der Waals surface area contributed by atoms with Crippen molar-refractivity contribution in [2.24, 2.45) is 4.99 Å². The highest BCUT2D eigenvalue weighted by Crippen LogP contribution is 2.25. The molecule has 1 aromatic rings. The summed E-state index contributed by atoms with van der Waals surface area (Å²) in [6.07, 6.45) is 0.689. The minimum absolute atomic E-state index is 0.116. The number of hydrogen-bond acceptors (Lipinski definition) is 5. The first-order valence-electron chi connectivity index (χ1n) is 8.85. The van der Waals surface area contributed by atoms with Crippen molar-refractivity contribution in [1.29, 1.82) is 0 Å². The van der Waals surface area contributed by atoms with E-state index in [9.17, 15) is 8.42 Å². The zero-order valence-corrected chi connectivity index (χ0v) is 18.0. The van der Waals surface area contributed by atoms with E-state index < -0.39 is 10.0 Å². The standard InChI is InChI=1S/C18H32N4O4S/c1-7-27(23,24)22(4)12-8-11-20-18(19-2)21(3)14-15-9-10-16(25-5)13-17(15)26-6/h9-10,13H,7-8,11-12,14H2,1-6H3,(H,19,20). The van der Waals surface area contributed by atoms with Crippen molar-refractivity contribution >= 4 is 16.0 Å². The topological polar surface area (TPSA) is 83.5 Å². The van der Waals surface area contributed by atoms with Gasteiger partial charge in [-0.15, -0.1) is 0 Å². The molecule has 0 atom stereocenters. The fourth-order valence-corrected chi connectivity index (χ4v) is 3.41. The Morgan fingerprint density at radius 2 is 1.93 bits per heavy atom. The summed E-state index contributed by atoms with van der Waals surface area (Å²) in [6, 6.07) is 5.71. The summed E-state index contributed by atoms with van der Waals surface area (Å²) < 4.78 is 35.6. The smallest absolute Gasteiger partial charge is 0.213 e. The third-order valence-electron chi connectivity index (χ3n) is 4.25. The molecule has 0 aliphatic carbocycles. The van der Waals surface area contributed by atoms with Crippen molar-refractivity contribution in [3.8, 4) is 11.5 Å². The van der Waals surface area contributed by atoms with Gasteiger partial charge in [-0.25, -0.2) is 12.7 Å². The van der Waals surface area contributed by atoms with E-state index in [0.717, 1.165) is 23.0 Å². The normalized spacial score (nSPS) is 12.2. The highest BCUT2D eigenvalue weighted by molar-refractivity contribution is 7.89. The monoisotopic (exact) mass is 400 g/mol. The molecule has 8 nitrogen and oxygen atoms in total. The molecular formula is C18H32N4O4S. The number of nitrogens with one attached hydrogen (secondary N) is 1. The van der Waals surface area contributed by atoms with E-state index in [1.807, 2.05) is 30.1 Å². The first kappa shape index (κ1) is 23.0. The van der Waals surface area contributed by atoms with Gasteiger partial charge in [-0.05, 0) is 25.5 Å². The molecule has 0 amide bonds. The van der Waals surface area contributed by atoms with Gasteiger partial charge < -0.3 is 19.7 Å². The molecule has 1 rings (SSSR count). The molecule has 0 radical (unpaired) electrons. The van der Waals surface area contributed by atoms with E-state index in [1.54, 1.807) is 35.2 Å². The van der Waals surface area contributed by atoms with Crippen molar-refractivity contribution in [2.75, 3.05) is 54.2 Å². The third kappa shape index (κ3) is 6.91. The molecular weight excluding hydrogens is 368 g/mol. The summed E-state index contributed by atoms with van der Waals surface area (Å²) in [7, 11) is 5.38. The van der Waals surface area contributed by atoms with Gasteiger partial charge in [0.2, 0.25) is 10.0 Å². The lowest BCUT2D eigenvalue weighted by Crippen LogP contribution is -2.40. The maximum absolute atomic E-state index is 11.8. The molecule has 9 heteroatoms. The van der Waals surface area contributed by atoms with Gasteiger partial charge in [0.15, 0.2) is 5.96 Å². The SMILES string of the molecule is CCS(=O)(=O)N(C)CCCNC(=NC)N(C)Cc1ccc(OC)cc1OC. The Balaban J connectivity index is 2.59. The van der Waals surface area contributed by atoms with Gasteiger partial charge in [0, 0.05) is 52.4 Å². The van der Waals surface area contributed by atoms with Crippen LogP contribution in [0.15, 0.2) is 23.2 Å². The molecule has 1 aromatic carbocycles. The number of nitrogens with zero attached hydrogens (tertiary/aromatic N) is 3. The number of rotatable bonds is 10. The number of guanidine groups is 1. The number of methoxy groups -OCH3 is 2. The van der Waals surface area contributed by atoms with Crippen molar-refractivity contribution < 1.29 is 17.9 Å². The van der Waals surface area contributed by atoms with Crippen molar-refractivity contribution in [1.82, 2.24) is 14.5 Å². The van der Waals surface area contributed by atoms with Crippen LogP contribution in [0.4, 0.5) is 0 Å². The summed E-state index contributed by atoms with van der Waals surface area (Å²) in [5, 5.41) is 3.26. The van der Waals surface area contributed by atoms with Crippen LogP contribution in [-0.2, 0) is 16.6 Å². The second-order valence-electron chi connectivity index (χ2n) is 6.08. The van der Waals surface area contributed by atoms with Crippen LogP contribution in [0, 0.1) is 0 Å². The number of aliphatic imine (C=N–C) groups is 1. The van der Waals surface area contributed by atoms with E-state index in [1.165, 1.54) is 4.31 Å². The summed E-state index contributed by atoms with van der Waals surface area (Å²) in [5.41, 5.74) is 1.01. The Morgan fingerprint density at radius 3 is 2.48 bits per heavy atom. The van der Waals surface area contributed by atoms with E-state index in [-0.39, 0.29) is 5.75 Å². The largest absolute Gasteiger partial charge is 0.497 e. The average Bonchev–Trinajstić information content (AvgIpc) is 2.67. The average molecular weight is 401 g/mol. The molecule has 0 unspecified atom stereocenters. The quantitative estimate of drug-likeness (QED) is 0.363. The Hall–Kier alpha value is -2.00. The maximum atomic E-state index is 11.8. The van der Waals surface area contributed by atoms with Crippen LogP contribution in [0.25, 0.3) is 0 Å². The van der Waals surface area contributed by atoms with Crippen molar-refractivity contribution in [3.63, 3.8) is 0 Å². The molecule has 0 aliphatic rings. The van der Waals surface area contributed by atoms with Crippen LogP contribution >= 0.6 is 0 Å². The number of sulfonamides is 1.